The molecule has 0 heterocycles. The maximum Gasteiger partial charge on any atom is 0.407 e. The van der Waals surface area contributed by atoms with Gasteiger partial charge in [0.2, 0.25) is 0 Å². The van der Waals surface area contributed by atoms with Gasteiger partial charge < -0.3 is 20.3 Å². The van der Waals surface area contributed by atoms with Crippen molar-refractivity contribution in [3.8, 4) is 16.9 Å². The number of alkyl carbamates (subject to hydrolysis) is 1. The third-order valence-electron chi connectivity index (χ3n) is 5.11. The summed E-state index contributed by atoms with van der Waals surface area (Å²) < 4.78 is 5.51. The molecule has 4 rings (SSSR count). The molecule has 5 heteroatoms. The minimum absolute atomic E-state index is 0.0144. The van der Waals surface area contributed by atoms with E-state index in [2.05, 4.69) is 29.6 Å². The molecule has 142 valence electrons. The molecule has 0 unspecified atom stereocenters. The summed E-state index contributed by atoms with van der Waals surface area (Å²) in [4.78, 5) is 12.3. The van der Waals surface area contributed by atoms with Gasteiger partial charge in [-0.3, -0.25) is 0 Å². The highest BCUT2D eigenvalue weighted by atomic mass is 16.5. The van der Waals surface area contributed by atoms with E-state index in [9.17, 15) is 15.0 Å². The molecule has 0 saturated carbocycles. The Hall–Kier alpha value is -3.31. The van der Waals surface area contributed by atoms with Crippen LogP contribution in [0.25, 0.3) is 11.1 Å². The molecule has 3 aromatic carbocycles. The summed E-state index contributed by atoms with van der Waals surface area (Å²) in [5, 5.41) is 21.7. The van der Waals surface area contributed by atoms with Crippen LogP contribution in [0.1, 0.15) is 28.7 Å². The van der Waals surface area contributed by atoms with E-state index in [1.165, 1.54) is 23.3 Å². The SMILES string of the molecule is O=C(N[C@@H](CO)c1ccc(O)cc1)OCC1c2ccccc2-c2ccccc21. The van der Waals surface area contributed by atoms with Crippen molar-refractivity contribution in [2.24, 2.45) is 0 Å². The number of carbonyl (C=O) groups is 1. The summed E-state index contributed by atoms with van der Waals surface area (Å²) in [5.41, 5.74) is 5.32. The van der Waals surface area contributed by atoms with Crippen LogP contribution in [-0.4, -0.2) is 29.5 Å². The van der Waals surface area contributed by atoms with Crippen LogP contribution in [0.5, 0.6) is 5.75 Å². The second-order valence-electron chi connectivity index (χ2n) is 6.80. The molecule has 0 fully saturated rings. The van der Waals surface area contributed by atoms with Crippen LogP contribution in [0.2, 0.25) is 0 Å². The molecule has 28 heavy (non-hydrogen) atoms. The lowest BCUT2D eigenvalue weighted by molar-refractivity contribution is 0.132. The Morgan fingerprint density at radius 1 is 0.929 bits per heavy atom. The van der Waals surface area contributed by atoms with Crippen LogP contribution >= 0.6 is 0 Å². The molecular weight excluding hydrogens is 354 g/mol. The third kappa shape index (κ3) is 3.44. The standard InChI is InChI=1S/C23H21NO4/c25-13-22(15-9-11-16(26)12-10-15)24-23(27)28-14-21-19-7-3-1-5-17(19)18-6-2-4-8-20(18)21/h1-12,21-22,25-26H,13-14H2,(H,24,27)/t22-/m0/s1. The van der Waals surface area contributed by atoms with Gasteiger partial charge in [0.15, 0.2) is 0 Å². The molecule has 1 aliphatic rings. The van der Waals surface area contributed by atoms with E-state index in [-0.39, 0.29) is 24.9 Å². The van der Waals surface area contributed by atoms with Crippen LogP contribution in [0, 0.1) is 0 Å². The fourth-order valence-corrected chi connectivity index (χ4v) is 3.72. The van der Waals surface area contributed by atoms with E-state index in [0.29, 0.717) is 5.56 Å². The Bertz CT molecular complexity index is 938. The average Bonchev–Trinajstić information content (AvgIpc) is 3.05. The number of fused-ring (bicyclic) bond motifs is 3. The van der Waals surface area contributed by atoms with Gasteiger partial charge in [0.05, 0.1) is 12.6 Å². The van der Waals surface area contributed by atoms with Crippen molar-refractivity contribution in [3.63, 3.8) is 0 Å². The second-order valence-corrected chi connectivity index (χ2v) is 6.80. The normalized spacial score (nSPS) is 13.5. The van der Waals surface area contributed by atoms with E-state index < -0.39 is 12.1 Å². The first kappa shape index (κ1) is 18.1. The van der Waals surface area contributed by atoms with Crippen LogP contribution in [0.15, 0.2) is 72.8 Å². The van der Waals surface area contributed by atoms with E-state index in [0.717, 1.165) is 11.1 Å². The average molecular weight is 375 g/mol. The number of benzene rings is 3. The van der Waals surface area contributed by atoms with Gasteiger partial charge in [0, 0.05) is 5.92 Å². The largest absolute Gasteiger partial charge is 0.508 e. The molecule has 0 saturated heterocycles. The van der Waals surface area contributed by atoms with Gasteiger partial charge >= 0.3 is 6.09 Å². The quantitative estimate of drug-likeness (QED) is 0.631. The highest BCUT2D eigenvalue weighted by Gasteiger charge is 2.29. The predicted molar refractivity (Wildman–Crippen MR) is 106 cm³/mol. The lowest BCUT2D eigenvalue weighted by atomic mass is 9.98. The minimum atomic E-state index is -0.601. The lowest BCUT2D eigenvalue weighted by Crippen LogP contribution is -2.32. The number of rotatable bonds is 5. The fourth-order valence-electron chi connectivity index (χ4n) is 3.72. The molecule has 0 spiro atoms. The number of carbonyl (C=O) groups excluding carboxylic acids is 1. The number of hydrogen-bond acceptors (Lipinski definition) is 4. The monoisotopic (exact) mass is 375 g/mol. The van der Waals surface area contributed by atoms with Crippen LogP contribution in [0.4, 0.5) is 4.79 Å². The molecular formula is C23H21NO4. The number of phenols is 1. The summed E-state index contributed by atoms with van der Waals surface area (Å²) >= 11 is 0. The molecule has 0 aliphatic heterocycles. The molecule has 0 bridgehead atoms. The van der Waals surface area contributed by atoms with E-state index in [1.807, 2.05) is 24.3 Å². The van der Waals surface area contributed by atoms with Crippen molar-refractivity contribution in [1.29, 1.82) is 0 Å². The van der Waals surface area contributed by atoms with Crippen molar-refractivity contribution in [3.05, 3.63) is 89.5 Å². The number of hydrogen-bond donors (Lipinski definition) is 3. The number of aromatic hydroxyl groups is 1. The van der Waals surface area contributed by atoms with Crippen LogP contribution < -0.4 is 5.32 Å². The zero-order valence-electron chi connectivity index (χ0n) is 15.2. The van der Waals surface area contributed by atoms with Crippen LogP contribution in [0.3, 0.4) is 0 Å². The fraction of sp³-hybridized carbons (Fsp3) is 0.174. The van der Waals surface area contributed by atoms with E-state index >= 15 is 0 Å². The first-order valence-corrected chi connectivity index (χ1v) is 9.18. The Morgan fingerprint density at radius 2 is 1.50 bits per heavy atom. The Morgan fingerprint density at radius 3 is 2.07 bits per heavy atom. The summed E-state index contributed by atoms with van der Waals surface area (Å²) in [6.07, 6.45) is -0.589. The first-order valence-electron chi connectivity index (χ1n) is 9.18. The van der Waals surface area contributed by atoms with Gasteiger partial charge in [-0.15, -0.1) is 0 Å². The highest BCUT2D eigenvalue weighted by molar-refractivity contribution is 5.79. The smallest absolute Gasteiger partial charge is 0.407 e. The molecule has 1 amide bonds. The van der Waals surface area contributed by atoms with Gasteiger partial charge in [0.1, 0.15) is 12.4 Å². The molecule has 1 aliphatic carbocycles. The first-order chi connectivity index (χ1) is 13.7. The van der Waals surface area contributed by atoms with Gasteiger partial charge in [-0.1, -0.05) is 60.7 Å². The predicted octanol–water partition coefficient (Wildman–Crippen LogP) is 3.96. The van der Waals surface area contributed by atoms with Crippen molar-refractivity contribution in [1.82, 2.24) is 5.32 Å². The number of nitrogens with one attached hydrogen (secondary N) is 1. The van der Waals surface area contributed by atoms with Crippen molar-refractivity contribution in [2.45, 2.75) is 12.0 Å². The number of phenolic OH excluding ortho intramolecular Hbond substituents is 1. The number of ether oxygens (including phenoxy) is 1. The maximum absolute atomic E-state index is 12.3. The molecule has 1 atom stereocenters. The van der Waals surface area contributed by atoms with Gasteiger partial charge in [0.25, 0.3) is 0 Å². The molecule has 0 aromatic heterocycles. The Balaban J connectivity index is 1.45. The van der Waals surface area contributed by atoms with Gasteiger partial charge in [-0.25, -0.2) is 4.79 Å². The van der Waals surface area contributed by atoms with Crippen molar-refractivity contribution in [2.75, 3.05) is 13.2 Å². The zero-order chi connectivity index (χ0) is 19.5. The molecule has 0 radical (unpaired) electrons. The summed E-state index contributed by atoms with van der Waals surface area (Å²) in [6.45, 7) is -0.0530. The third-order valence-corrected chi connectivity index (χ3v) is 5.11. The van der Waals surface area contributed by atoms with Gasteiger partial charge in [-0.05, 0) is 39.9 Å². The topological polar surface area (TPSA) is 78.8 Å². The Labute approximate surface area is 163 Å². The van der Waals surface area contributed by atoms with E-state index in [1.54, 1.807) is 12.1 Å². The zero-order valence-corrected chi connectivity index (χ0v) is 15.2. The Kier molecular flexibility index (Phi) is 5.00. The second kappa shape index (κ2) is 7.74. The summed E-state index contributed by atoms with van der Waals surface area (Å²) in [6, 6.07) is 22.0. The summed E-state index contributed by atoms with van der Waals surface area (Å²) in [7, 11) is 0. The van der Waals surface area contributed by atoms with Gasteiger partial charge in [-0.2, -0.15) is 0 Å². The number of amides is 1. The van der Waals surface area contributed by atoms with Crippen LogP contribution in [-0.2, 0) is 4.74 Å². The maximum atomic E-state index is 12.3. The number of aliphatic hydroxyl groups excluding tert-OH is 1. The number of aliphatic hydroxyl groups is 1. The van der Waals surface area contributed by atoms with Crippen molar-refractivity contribution >= 4 is 6.09 Å². The summed E-state index contributed by atoms with van der Waals surface area (Å²) in [5.74, 6) is 0.112. The van der Waals surface area contributed by atoms with Crippen molar-refractivity contribution < 1.29 is 19.7 Å². The molecule has 3 aromatic rings. The lowest BCUT2D eigenvalue weighted by Gasteiger charge is -2.19. The minimum Gasteiger partial charge on any atom is -0.508 e. The highest BCUT2D eigenvalue weighted by Crippen LogP contribution is 2.44. The molecule has 3 N–H and O–H groups in total. The van der Waals surface area contributed by atoms with E-state index in [4.69, 9.17) is 4.74 Å². The molecule has 5 nitrogen and oxygen atoms in total.